The molecule has 2 heteroatoms. The second kappa shape index (κ2) is 6.33. The maximum Gasteiger partial charge on any atom is 0.116 e. The third-order valence-corrected chi connectivity index (χ3v) is 1.93. The molecule has 0 saturated heterocycles. The van der Waals surface area contributed by atoms with E-state index in [9.17, 15) is 4.39 Å². The molecule has 0 fully saturated rings. The maximum atomic E-state index is 13.0. The first kappa shape index (κ1) is 10.9. The highest BCUT2D eigenvalue weighted by atomic mass is 19.1. The Balaban J connectivity index is 2.34. The van der Waals surface area contributed by atoms with Gasteiger partial charge in [-0.1, -0.05) is 42.5 Å². The van der Waals surface area contributed by atoms with Crippen molar-refractivity contribution in [3.8, 4) is 0 Å². The van der Waals surface area contributed by atoms with Gasteiger partial charge < -0.3 is 5.32 Å². The second-order valence-corrected chi connectivity index (χ2v) is 3.20. The number of hydrogen-bond acceptors (Lipinski definition) is 1. The number of allylic oxidation sites excluding steroid dienone is 1. The van der Waals surface area contributed by atoms with E-state index in [1.165, 1.54) is 0 Å². The van der Waals surface area contributed by atoms with Gasteiger partial charge in [0.15, 0.2) is 0 Å². The second-order valence-electron chi connectivity index (χ2n) is 3.20. The Bertz CT molecular complexity index is 269. The third kappa shape index (κ3) is 4.19. The van der Waals surface area contributed by atoms with Gasteiger partial charge in [0.1, 0.15) is 6.17 Å². The quantitative estimate of drug-likeness (QED) is 0.758. The van der Waals surface area contributed by atoms with E-state index in [0.29, 0.717) is 13.0 Å². The molecule has 0 unspecified atom stereocenters. The molecular formula is C12H16FN. The van der Waals surface area contributed by atoms with Gasteiger partial charge in [0.05, 0.1) is 0 Å². The van der Waals surface area contributed by atoms with E-state index in [4.69, 9.17) is 0 Å². The van der Waals surface area contributed by atoms with E-state index < -0.39 is 6.17 Å². The molecule has 0 aliphatic heterocycles. The summed E-state index contributed by atoms with van der Waals surface area (Å²) in [5.74, 6) is 0. The standard InChI is InChI=1S/C12H16FN/c1-14-10-12(13)9-5-8-11-6-3-2-4-7-11/h2-8,12,14H,9-10H2,1H3/b8-5+/t12-/m1/s1. The molecule has 0 saturated carbocycles. The lowest BCUT2D eigenvalue weighted by Gasteiger charge is -2.02. The lowest BCUT2D eigenvalue weighted by atomic mass is 10.2. The molecule has 0 radical (unpaired) electrons. The largest absolute Gasteiger partial charge is 0.317 e. The molecule has 1 N–H and O–H groups in total. The molecule has 0 aliphatic carbocycles. The third-order valence-electron chi connectivity index (χ3n) is 1.93. The minimum absolute atomic E-state index is 0.416. The van der Waals surface area contributed by atoms with Crippen LogP contribution < -0.4 is 5.32 Å². The summed E-state index contributed by atoms with van der Waals surface area (Å²) in [5, 5.41) is 2.81. The van der Waals surface area contributed by atoms with Crippen LogP contribution in [0.4, 0.5) is 4.39 Å². The fourth-order valence-corrected chi connectivity index (χ4v) is 1.22. The molecule has 1 aromatic rings. The molecule has 0 aromatic heterocycles. The fraction of sp³-hybridized carbons (Fsp3) is 0.333. The summed E-state index contributed by atoms with van der Waals surface area (Å²) < 4.78 is 13.0. The molecule has 14 heavy (non-hydrogen) atoms. The first-order valence-corrected chi connectivity index (χ1v) is 4.83. The zero-order valence-corrected chi connectivity index (χ0v) is 8.41. The van der Waals surface area contributed by atoms with Crippen LogP contribution in [0.15, 0.2) is 36.4 Å². The van der Waals surface area contributed by atoms with Crippen LogP contribution in [0.1, 0.15) is 12.0 Å². The number of alkyl halides is 1. The molecule has 0 amide bonds. The minimum atomic E-state index is -0.792. The van der Waals surface area contributed by atoms with Gasteiger partial charge in [-0.3, -0.25) is 0 Å². The van der Waals surface area contributed by atoms with Crippen molar-refractivity contribution in [2.75, 3.05) is 13.6 Å². The maximum absolute atomic E-state index is 13.0. The van der Waals surface area contributed by atoms with Crippen molar-refractivity contribution in [1.29, 1.82) is 0 Å². The van der Waals surface area contributed by atoms with E-state index in [0.717, 1.165) is 5.56 Å². The Hall–Kier alpha value is -1.15. The summed E-state index contributed by atoms with van der Waals surface area (Å²) in [4.78, 5) is 0. The summed E-state index contributed by atoms with van der Waals surface area (Å²) in [6, 6.07) is 9.92. The highest BCUT2D eigenvalue weighted by Gasteiger charge is 2.00. The molecule has 1 aromatic carbocycles. The Morgan fingerprint density at radius 2 is 2.07 bits per heavy atom. The van der Waals surface area contributed by atoms with Gasteiger partial charge in [0, 0.05) is 6.54 Å². The van der Waals surface area contributed by atoms with Gasteiger partial charge in [-0.25, -0.2) is 4.39 Å². The van der Waals surface area contributed by atoms with Crippen LogP contribution in [0.3, 0.4) is 0 Å². The van der Waals surface area contributed by atoms with E-state index >= 15 is 0 Å². The lowest BCUT2D eigenvalue weighted by Crippen LogP contribution is -2.18. The molecule has 0 aliphatic rings. The Morgan fingerprint density at radius 3 is 2.71 bits per heavy atom. The predicted octanol–water partition coefficient (Wildman–Crippen LogP) is 2.65. The summed E-state index contributed by atoms with van der Waals surface area (Å²) in [6.07, 6.45) is 3.50. The number of halogens is 1. The Morgan fingerprint density at radius 1 is 1.36 bits per heavy atom. The smallest absolute Gasteiger partial charge is 0.116 e. The molecule has 0 spiro atoms. The number of hydrogen-bond donors (Lipinski definition) is 1. The van der Waals surface area contributed by atoms with Crippen LogP contribution in [0, 0.1) is 0 Å². The molecule has 76 valence electrons. The van der Waals surface area contributed by atoms with Crippen molar-refractivity contribution in [3.05, 3.63) is 42.0 Å². The van der Waals surface area contributed by atoms with Crippen LogP contribution in [-0.4, -0.2) is 19.8 Å². The van der Waals surface area contributed by atoms with Crippen molar-refractivity contribution >= 4 is 6.08 Å². The molecule has 0 bridgehead atoms. The first-order chi connectivity index (χ1) is 6.83. The Kier molecular flexibility index (Phi) is 4.94. The topological polar surface area (TPSA) is 12.0 Å². The van der Waals surface area contributed by atoms with Crippen LogP contribution >= 0.6 is 0 Å². The average molecular weight is 193 g/mol. The summed E-state index contributed by atoms with van der Waals surface area (Å²) in [6.45, 7) is 0.416. The summed E-state index contributed by atoms with van der Waals surface area (Å²) in [5.41, 5.74) is 1.11. The van der Waals surface area contributed by atoms with Gasteiger partial charge in [0.25, 0.3) is 0 Å². The number of nitrogens with one attached hydrogen (secondary N) is 1. The van der Waals surface area contributed by atoms with Gasteiger partial charge in [-0.15, -0.1) is 0 Å². The van der Waals surface area contributed by atoms with Crippen LogP contribution in [-0.2, 0) is 0 Å². The van der Waals surface area contributed by atoms with Crippen molar-refractivity contribution in [2.45, 2.75) is 12.6 Å². The summed E-state index contributed by atoms with van der Waals surface area (Å²) >= 11 is 0. The lowest BCUT2D eigenvalue weighted by molar-refractivity contribution is 0.329. The molecule has 1 rings (SSSR count). The molecule has 1 nitrogen and oxygen atoms in total. The summed E-state index contributed by atoms with van der Waals surface area (Å²) in [7, 11) is 1.76. The van der Waals surface area contributed by atoms with Crippen LogP contribution in [0.5, 0.6) is 0 Å². The predicted molar refractivity (Wildman–Crippen MR) is 58.9 cm³/mol. The normalized spacial score (nSPS) is 13.3. The van der Waals surface area contributed by atoms with Gasteiger partial charge >= 0.3 is 0 Å². The van der Waals surface area contributed by atoms with Crippen molar-refractivity contribution in [3.63, 3.8) is 0 Å². The Labute approximate surface area is 84.6 Å². The average Bonchev–Trinajstić information content (AvgIpc) is 2.20. The van der Waals surface area contributed by atoms with E-state index in [2.05, 4.69) is 5.32 Å². The number of benzene rings is 1. The van der Waals surface area contributed by atoms with Gasteiger partial charge in [-0.05, 0) is 19.0 Å². The SMILES string of the molecule is CNC[C@H](F)C/C=C/c1ccccc1. The van der Waals surface area contributed by atoms with E-state index in [1.54, 1.807) is 7.05 Å². The molecule has 1 atom stereocenters. The first-order valence-electron chi connectivity index (χ1n) is 4.83. The zero-order valence-electron chi connectivity index (χ0n) is 8.41. The monoisotopic (exact) mass is 193 g/mol. The van der Waals surface area contributed by atoms with Crippen molar-refractivity contribution in [2.24, 2.45) is 0 Å². The molecular weight excluding hydrogens is 177 g/mol. The van der Waals surface area contributed by atoms with Gasteiger partial charge in [-0.2, -0.15) is 0 Å². The van der Waals surface area contributed by atoms with Gasteiger partial charge in [0.2, 0.25) is 0 Å². The van der Waals surface area contributed by atoms with Crippen LogP contribution in [0.2, 0.25) is 0 Å². The number of rotatable bonds is 5. The van der Waals surface area contributed by atoms with Crippen LogP contribution in [0.25, 0.3) is 6.08 Å². The van der Waals surface area contributed by atoms with E-state index in [-0.39, 0.29) is 0 Å². The highest BCUT2D eigenvalue weighted by Crippen LogP contribution is 2.04. The molecule has 0 heterocycles. The zero-order chi connectivity index (χ0) is 10.2. The fourth-order valence-electron chi connectivity index (χ4n) is 1.22. The van der Waals surface area contributed by atoms with Crippen molar-refractivity contribution < 1.29 is 4.39 Å². The minimum Gasteiger partial charge on any atom is -0.317 e. The van der Waals surface area contributed by atoms with Crippen molar-refractivity contribution in [1.82, 2.24) is 5.32 Å². The van der Waals surface area contributed by atoms with E-state index in [1.807, 2.05) is 42.5 Å². The highest BCUT2D eigenvalue weighted by molar-refractivity contribution is 5.48.